The molecule has 0 saturated carbocycles. The molecule has 0 bridgehead atoms. The fraction of sp³-hybridized carbons (Fsp3) is 0.0909. The fourth-order valence-corrected chi connectivity index (χ4v) is 2.92. The van der Waals surface area contributed by atoms with Gasteiger partial charge in [-0.15, -0.1) is 0 Å². The molecule has 1 aromatic heterocycles. The molecule has 0 radical (unpaired) electrons. The summed E-state index contributed by atoms with van der Waals surface area (Å²) in [4.78, 5) is 10.5. The lowest BCUT2D eigenvalue weighted by Crippen LogP contribution is -2.13. The van der Waals surface area contributed by atoms with Gasteiger partial charge < -0.3 is 5.11 Å². The number of carbonyl (C=O) groups is 1. The maximum Gasteiger partial charge on any atom is 0.325 e. The first-order chi connectivity index (χ1) is 9.78. The van der Waals surface area contributed by atoms with E-state index in [-0.39, 0.29) is 27.2 Å². The number of benzene rings is 1. The lowest BCUT2D eigenvalue weighted by molar-refractivity contribution is -0.137. The van der Waals surface area contributed by atoms with Crippen LogP contribution in [0.15, 0.2) is 35.5 Å². The number of aromatic nitrogens is 2. The van der Waals surface area contributed by atoms with Crippen LogP contribution in [0.25, 0.3) is 0 Å². The van der Waals surface area contributed by atoms with E-state index in [1.165, 1.54) is 30.6 Å². The average Bonchev–Trinajstić information content (AvgIpc) is 2.78. The number of nitrogens with one attached hydrogen (secondary N) is 1. The lowest BCUT2D eigenvalue weighted by atomic mass is 10.4. The van der Waals surface area contributed by atoms with E-state index < -0.39 is 16.0 Å². The zero-order valence-corrected chi connectivity index (χ0v) is 12.7. The molecule has 10 heteroatoms. The lowest BCUT2D eigenvalue weighted by Gasteiger charge is -2.06. The maximum atomic E-state index is 12.1. The van der Waals surface area contributed by atoms with Gasteiger partial charge in [0.2, 0.25) is 0 Å². The highest BCUT2D eigenvalue weighted by atomic mass is 35.5. The number of nitrogens with zero attached hydrogens (tertiary/aromatic N) is 2. The average molecular weight is 350 g/mol. The number of aliphatic carboxylic acids is 1. The van der Waals surface area contributed by atoms with E-state index in [4.69, 9.17) is 28.3 Å². The molecule has 2 rings (SSSR count). The summed E-state index contributed by atoms with van der Waals surface area (Å²) in [6.45, 7) is -0.367. The Morgan fingerprint density at radius 2 is 2.05 bits per heavy atom. The fourth-order valence-electron chi connectivity index (χ4n) is 1.50. The summed E-state index contributed by atoms with van der Waals surface area (Å²) in [6, 6.07) is 3.89. The smallest absolute Gasteiger partial charge is 0.325 e. The van der Waals surface area contributed by atoms with Gasteiger partial charge in [0.05, 0.1) is 26.8 Å². The van der Waals surface area contributed by atoms with Crippen molar-refractivity contribution in [3.63, 3.8) is 0 Å². The second kappa shape index (κ2) is 5.92. The standard InChI is InChI=1S/C11H9Cl2N3O4S/c12-9-2-1-8(3-10(9)13)21(19,20)15-7-4-14-16(5-7)6-11(17)18/h1-5,15H,6H2,(H,17,18). The second-order valence-corrected chi connectivity index (χ2v) is 6.50. The minimum absolute atomic E-state index is 0.0668. The van der Waals surface area contributed by atoms with Crippen molar-refractivity contribution in [2.75, 3.05) is 4.72 Å². The van der Waals surface area contributed by atoms with E-state index in [1.807, 2.05) is 0 Å². The highest BCUT2D eigenvalue weighted by Crippen LogP contribution is 2.25. The van der Waals surface area contributed by atoms with Crippen LogP contribution in [-0.2, 0) is 21.4 Å². The Balaban J connectivity index is 2.22. The molecule has 0 aliphatic rings. The maximum absolute atomic E-state index is 12.1. The molecule has 0 aliphatic carbocycles. The normalized spacial score (nSPS) is 11.3. The van der Waals surface area contributed by atoms with E-state index >= 15 is 0 Å². The molecule has 112 valence electrons. The third-order valence-corrected chi connectivity index (χ3v) is 4.50. The van der Waals surface area contributed by atoms with Gasteiger partial charge in [0.1, 0.15) is 6.54 Å². The molecule has 0 amide bonds. The summed E-state index contributed by atoms with van der Waals surface area (Å²) in [5.74, 6) is -1.09. The van der Waals surface area contributed by atoms with Gasteiger partial charge >= 0.3 is 5.97 Å². The van der Waals surface area contributed by atoms with Gasteiger partial charge in [0.15, 0.2) is 0 Å². The van der Waals surface area contributed by atoms with E-state index in [1.54, 1.807) is 0 Å². The Kier molecular flexibility index (Phi) is 4.40. The van der Waals surface area contributed by atoms with Gasteiger partial charge in [-0.05, 0) is 18.2 Å². The van der Waals surface area contributed by atoms with Crippen molar-refractivity contribution in [1.82, 2.24) is 9.78 Å². The summed E-state index contributed by atoms with van der Waals surface area (Å²) in [5, 5.41) is 12.7. The van der Waals surface area contributed by atoms with Gasteiger partial charge in [0, 0.05) is 6.20 Å². The molecule has 0 aliphatic heterocycles. The quantitative estimate of drug-likeness (QED) is 0.860. The van der Waals surface area contributed by atoms with Crippen molar-refractivity contribution < 1.29 is 18.3 Å². The van der Waals surface area contributed by atoms with Crippen LogP contribution in [0.2, 0.25) is 10.0 Å². The number of sulfonamides is 1. The Bertz CT molecular complexity index is 789. The topological polar surface area (TPSA) is 101 Å². The number of anilines is 1. The van der Waals surface area contributed by atoms with Crippen LogP contribution in [-0.4, -0.2) is 29.3 Å². The molecule has 0 unspecified atom stereocenters. The van der Waals surface area contributed by atoms with Crippen LogP contribution in [0.5, 0.6) is 0 Å². The van der Waals surface area contributed by atoms with Crippen molar-refractivity contribution in [2.45, 2.75) is 11.4 Å². The zero-order chi connectivity index (χ0) is 15.6. The van der Waals surface area contributed by atoms with E-state index in [9.17, 15) is 13.2 Å². The Hall–Kier alpha value is -1.77. The van der Waals surface area contributed by atoms with Gasteiger partial charge in [-0.1, -0.05) is 23.2 Å². The van der Waals surface area contributed by atoms with Gasteiger partial charge in [-0.25, -0.2) is 8.42 Å². The van der Waals surface area contributed by atoms with Gasteiger partial charge in [-0.3, -0.25) is 14.2 Å². The monoisotopic (exact) mass is 349 g/mol. The predicted octanol–water partition coefficient (Wildman–Crippen LogP) is 2.08. The van der Waals surface area contributed by atoms with Crippen LogP contribution < -0.4 is 4.72 Å². The number of rotatable bonds is 5. The Morgan fingerprint density at radius 1 is 1.33 bits per heavy atom. The Morgan fingerprint density at radius 3 is 2.67 bits per heavy atom. The van der Waals surface area contributed by atoms with Gasteiger partial charge in [-0.2, -0.15) is 5.10 Å². The number of hydrogen-bond acceptors (Lipinski definition) is 4. The third-order valence-electron chi connectivity index (χ3n) is 2.38. The molecule has 2 aromatic rings. The Labute approximate surface area is 130 Å². The van der Waals surface area contributed by atoms with E-state index in [0.717, 1.165) is 4.68 Å². The molecule has 0 fully saturated rings. The highest BCUT2D eigenvalue weighted by molar-refractivity contribution is 7.92. The molecule has 2 N–H and O–H groups in total. The van der Waals surface area contributed by atoms with Gasteiger partial charge in [0.25, 0.3) is 10.0 Å². The van der Waals surface area contributed by atoms with E-state index in [2.05, 4.69) is 9.82 Å². The molecule has 1 heterocycles. The molecule has 1 aromatic carbocycles. The van der Waals surface area contributed by atoms with Crippen molar-refractivity contribution in [1.29, 1.82) is 0 Å². The number of carboxylic acid groups (broad SMARTS) is 1. The first-order valence-electron chi connectivity index (χ1n) is 5.50. The van der Waals surface area contributed by atoms with Crippen LogP contribution in [0.1, 0.15) is 0 Å². The summed E-state index contributed by atoms with van der Waals surface area (Å²) in [6.07, 6.45) is 2.47. The number of halogens is 2. The van der Waals surface area contributed by atoms with E-state index in [0.29, 0.717) is 0 Å². The van der Waals surface area contributed by atoms with Crippen molar-refractivity contribution in [2.24, 2.45) is 0 Å². The molecule has 0 atom stereocenters. The SMILES string of the molecule is O=C(O)Cn1cc(NS(=O)(=O)c2ccc(Cl)c(Cl)c2)cn1. The molecular formula is C11H9Cl2N3O4S. The molecule has 0 saturated heterocycles. The minimum atomic E-state index is -3.86. The van der Waals surface area contributed by atoms with Crippen LogP contribution >= 0.6 is 23.2 Å². The molecule has 7 nitrogen and oxygen atoms in total. The van der Waals surface area contributed by atoms with Crippen molar-refractivity contribution in [3.05, 3.63) is 40.6 Å². The largest absolute Gasteiger partial charge is 0.480 e. The summed E-state index contributed by atoms with van der Waals surface area (Å²) >= 11 is 11.5. The van der Waals surface area contributed by atoms with Crippen LogP contribution in [0.4, 0.5) is 5.69 Å². The third kappa shape index (κ3) is 3.87. The highest BCUT2D eigenvalue weighted by Gasteiger charge is 2.16. The summed E-state index contributed by atoms with van der Waals surface area (Å²) in [5.41, 5.74) is 0.141. The first-order valence-corrected chi connectivity index (χ1v) is 7.74. The number of hydrogen-bond donors (Lipinski definition) is 2. The number of carboxylic acids is 1. The molecule has 21 heavy (non-hydrogen) atoms. The molecular weight excluding hydrogens is 341 g/mol. The van der Waals surface area contributed by atoms with Crippen molar-refractivity contribution >= 4 is 44.9 Å². The molecule has 0 spiro atoms. The minimum Gasteiger partial charge on any atom is -0.480 e. The summed E-state index contributed by atoms with van der Waals surface area (Å²) < 4.78 is 27.6. The van der Waals surface area contributed by atoms with Crippen LogP contribution in [0, 0.1) is 0 Å². The van der Waals surface area contributed by atoms with Crippen LogP contribution in [0.3, 0.4) is 0 Å². The summed E-state index contributed by atoms with van der Waals surface area (Å²) in [7, 11) is -3.86. The van der Waals surface area contributed by atoms with Crippen molar-refractivity contribution in [3.8, 4) is 0 Å². The zero-order valence-electron chi connectivity index (χ0n) is 10.3. The predicted molar refractivity (Wildman–Crippen MR) is 77.1 cm³/mol. The first kappa shape index (κ1) is 15.6. The second-order valence-electron chi connectivity index (χ2n) is 4.00.